The second kappa shape index (κ2) is 6.48. The molecule has 0 N–H and O–H groups in total. The Kier molecular flexibility index (Phi) is 4.28. The lowest BCUT2D eigenvalue weighted by molar-refractivity contribution is -0.132. The molecule has 0 saturated carbocycles. The number of rotatable bonds is 4. The number of sulfone groups is 1. The van der Waals surface area contributed by atoms with Gasteiger partial charge in [-0.1, -0.05) is 12.1 Å². The topological polar surface area (TPSA) is 85.2 Å². The predicted octanol–water partition coefficient (Wildman–Crippen LogP) is 1.81. The van der Waals surface area contributed by atoms with E-state index in [1.54, 1.807) is 17.5 Å². The van der Waals surface area contributed by atoms with E-state index in [2.05, 4.69) is 9.97 Å². The highest BCUT2D eigenvalue weighted by atomic mass is 32.2. The Hall–Kier alpha value is -2.26. The number of para-hydroxylation sites is 2. The average molecular weight is 390 g/mol. The number of thiazole rings is 1. The van der Waals surface area contributed by atoms with Crippen LogP contribution in [0.15, 0.2) is 35.2 Å². The minimum Gasteiger partial charge on any atom is -0.340 e. The fourth-order valence-electron chi connectivity index (χ4n) is 3.29. The molecule has 0 aliphatic carbocycles. The Morgan fingerprint density at radius 2 is 2.19 bits per heavy atom. The highest BCUT2D eigenvalue weighted by molar-refractivity contribution is 7.91. The summed E-state index contributed by atoms with van der Waals surface area (Å²) in [5, 5.41) is 1.90. The Morgan fingerprint density at radius 3 is 2.88 bits per heavy atom. The van der Waals surface area contributed by atoms with E-state index >= 15 is 0 Å². The standard InChI is InChI=1S/C17H18N4O3S2/c1-20(12-6-7-26(23,24)10-12)16(22)8-21-15-5-3-2-4-13(15)19-17(21)14-9-25-11-18-14/h2-5,9,11-12H,6-8,10H2,1H3/t12-/m0/s1. The monoisotopic (exact) mass is 390 g/mol. The van der Waals surface area contributed by atoms with Crippen molar-refractivity contribution in [3.05, 3.63) is 35.2 Å². The largest absolute Gasteiger partial charge is 0.340 e. The molecule has 2 aromatic heterocycles. The number of carbonyl (C=O) groups excluding carboxylic acids is 1. The van der Waals surface area contributed by atoms with Crippen LogP contribution in [0.4, 0.5) is 0 Å². The van der Waals surface area contributed by atoms with Crippen LogP contribution in [0.5, 0.6) is 0 Å². The number of fused-ring (bicyclic) bond motifs is 1. The number of aromatic nitrogens is 3. The molecule has 1 fully saturated rings. The average Bonchev–Trinajstić information content (AvgIpc) is 3.33. The zero-order chi connectivity index (χ0) is 18.3. The van der Waals surface area contributed by atoms with Crippen LogP contribution in [0.25, 0.3) is 22.6 Å². The number of benzene rings is 1. The number of amides is 1. The van der Waals surface area contributed by atoms with Crippen LogP contribution in [0, 0.1) is 0 Å². The van der Waals surface area contributed by atoms with Crippen LogP contribution >= 0.6 is 11.3 Å². The molecule has 1 atom stereocenters. The maximum Gasteiger partial charge on any atom is 0.242 e. The summed E-state index contributed by atoms with van der Waals surface area (Å²) in [6.07, 6.45) is 0.494. The van der Waals surface area contributed by atoms with Gasteiger partial charge in [-0.05, 0) is 18.6 Å². The quantitative estimate of drug-likeness (QED) is 0.678. The van der Waals surface area contributed by atoms with E-state index in [0.717, 1.165) is 16.7 Å². The van der Waals surface area contributed by atoms with Crippen molar-refractivity contribution in [1.82, 2.24) is 19.4 Å². The lowest BCUT2D eigenvalue weighted by atomic mass is 10.2. The first-order valence-electron chi connectivity index (χ1n) is 8.24. The molecule has 0 spiro atoms. The minimum absolute atomic E-state index is 0.0405. The molecule has 1 aromatic carbocycles. The lowest BCUT2D eigenvalue weighted by Crippen LogP contribution is -2.39. The summed E-state index contributed by atoms with van der Waals surface area (Å²) in [7, 11) is -1.36. The van der Waals surface area contributed by atoms with E-state index < -0.39 is 9.84 Å². The molecule has 4 rings (SSSR count). The third-order valence-corrected chi connectivity index (χ3v) is 7.10. The maximum absolute atomic E-state index is 12.8. The molecule has 26 heavy (non-hydrogen) atoms. The molecule has 0 bridgehead atoms. The third kappa shape index (κ3) is 3.12. The van der Waals surface area contributed by atoms with Crippen molar-refractivity contribution >= 4 is 38.1 Å². The second-order valence-electron chi connectivity index (χ2n) is 6.45. The molecule has 0 radical (unpaired) electrons. The summed E-state index contributed by atoms with van der Waals surface area (Å²) < 4.78 is 25.3. The molecular weight excluding hydrogens is 372 g/mol. The first kappa shape index (κ1) is 17.2. The number of hydrogen-bond donors (Lipinski definition) is 0. The van der Waals surface area contributed by atoms with Gasteiger partial charge in [-0.25, -0.2) is 18.4 Å². The molecule has 1 saturated heterocycles. The van der Waals surface area contributed by atoms with Crippen LogP contribution in [0.3, 0.4) is 0 Å². The van der Waals surface area contributed by atoms with E-state index in [-0.39, 0.29) is 30.0 Å². The Bertz CT molecular complexity index is 1060. The minimum atomic E-state index is -3.04. The second-order valence-corrected chi connectivity index (χ2v) is 9.39. The molecule has 0 unspecified atom stereocenters. The molecule has 9 heteroatoms. The lowest BCUT2D eigenvalue weighted by Gasteiger charge is -2.24. The van der Waals surface area contributed by atoms with Gasteiger partial charge in [0, 0.05) is 18.5 Å². The molecule has 1 aliphatic rings. The van der Waals surface area contributed by atoms with Gasteiger partial charge < -0.3 is 9.47 Å². The van der Waals surface area contributed by atoms with Crippen LogP contribution in [0.2, 0.25) is 0 Å². The van der Waals surface area contributed by atoms with Crippen molar-refractivity contribution in [2.75, 3.05) is 18.6 Å². The van der Waals surface area contributed by atoms with Gasteiger partial charge in [0.25, 0.3) is 0 Å². The van der Waals surface area contributed by atoms with Gasteiger partial charge in [0.15, 0.2) is 15.7 Å². The summed E-state index contributed by atoms with van der Waals surface area (Å²) in [4.78, 5) is 23.3. The highest BCUT2D eigenvalue weighted by Crippen LogP contribution is 2.25. The van der Waals surface area contributed by atoms with Crippen LogP contribution in [0.1, 0.15) is 6.42 Å². The number of hydrogen-bond acceptors (Lipinski definition) is 6. The molecular formula is C17H18N4O3S2. The van der Waals surface area contributed by atoms with E-state index in [4.69, 9.17) is 0 Å². The highest BCUT2D eigenvalue weighted by Gasteiger charge is 2.33. The zero-order valence-electron chi connectivity index (χ0n) is 14.2. The zero-order valence-corrected chi connectivity index (χ0v) is 15.8. The smallest absolute Gasteiger partial charge is 0.242 e. The normalized spacial score (nSPS) is 19.0. The van der Waals surface area contributed by atoms with Gasteiger partial charge in [0.05, 0.1) is 28.0 Å². The number of imidazole rings is 1. The summed E-state index contributed by atoms with van der Waals surface area (Å²) in [6.45, 7) is 0.0976. The summed E-state index contributed by atoms with van der Waals surface area (Å²) >= 11 is 1.47. The fourth-order valence-corrected chi connectivity index (χ4v) is 5.59. The van der Waals surface area contributed by atoms with Gasteiger partial charge >= 0.3 is 0 Å². The fraction of sp³-hybridized carbons (Fsp3) is 0.353. The molecule has 1 amide bonds. The molecule has 136 valence electrons. The van der Waals surface area contributed by atoms with Gasteiger partial charge in [0.2, 0.25) is 5.91 Å². The number of likely N-dealkylation sites (N-methyl/N-ethyl adjacent to an activating group) is 1. The summed E-state index contributed by atoms with van der Waals surface area (Å²) in [5.41, 5.74) is 4.12. The van der Waals surface area contributed by atoms with Crippen molar-refractivity contribution in [2.45, 2.75) is 19.0 Å². The molecule has 3 aromatic rings. The van der Waals surface area contributed by atoms with E-state index in [1.807, 2.05) is 34.2 Å². The Labute approximate surface area is 155 Å². The Balaban J connectivity index is 1.66. The van der Waals surface area contributed by atoms with E-state index in [0.29, 0.717) is 12.2 Å². The molecule has 3 heterocycles. The summed E-state index contributed by atoms with van der Waals surface area (Å²) in [6, 6.07) is 7.38. The third-order valence-electron chi connectivity index (χ3n) is 4.76. The summed E-state index contributed by atoms with van der Waals surface area (Å²) in [5.74, 6) is 0.701. The van der Waals surface area contributed by atoms with E-state index in [1.165, 1.54) is 11.3 Å². The van der Waals surface area contributed by atoms with Gasteiger partial charge in [-0.2, -0.15) is 0 Å². The van der Waals surface area contributed by atoms with Crippen molar-refractivity contribution in [1.29, 1.82) is 0 Å². The first-order chi connectivity index (χ1) is 12.4. The maximum atomic E-state index is 12.8. The van der Waals surface area contributed by atoms with Crippen LogP contribution < -0.4 is 0 Å². The molecule has 7 nitrogen and oxygen atoms in total. The predicted molar refractivity (Wildman–Crippen MR) is 101 cm³/mol. The van der Waals surface area contributed by atoms with Gasteiger partial charge in [-0.15, -0.1) is 11.3 Å². The van der Waals surface area contributed by atoms with Crippen molar-refractivity contribution in [3.63, 3.8) is 0 Å². The van der Waals surface area contributed by atoms with Crippen LogP contribution in [-0.2, 0) is 21.2 Å². The van der Waals surface area contributed by atoms with Crippen molar-refractivity contribution in [2.24, 2.45) is 0 Å². The number of carbonyl (C=O) groups is 1. The van der Waals surface area contributed by atoms with E-state index in [9.17, 15) is 13.2 Å². The SMILES string of the molecule is CN(C(=O)Cn1c(-c2cscn2)nc2ccccc21)[C@H]1CCS(=O)(=O)C1. The van der Waals surface area contributed by atoms with Gasteiger partial charge in [-0.3, -0.25) is 4.79 Å². The van der Waals surface area contributed by atoms with Crippen molar-refractivity contribution in [3.8, 4) is 11.5 Å². The van der Waals surface area contributed by atoms with Crippen molar-refractivity contribution < 1.29 is 13.2 Å². The first-order valence-corrected chi connectivity index (χ1v) is 11.0. The Morgan fingerprint density at radius 1 is 1.38 bits per heavy atom. The number of nitrogens with zero attached hydrogens (tertiary/aromatic N) is 4. The van der Waals surface area contributed by atoms with Crippen LogP contribution in [-0.4, -0.2) is 58.4 Å². The van der Waals surface area contributed by atoms with Gasteiger partial charge in [0.1, 0.15) is 12.2 Å². The molecule has 1 aliphatic heterocycles.